The zero-order valence-electron chi connectivity index (χ0n) is 20.5. The molecule has 0 radical (unpaired) electrons. The van der Waals surface area contributed by atoms with E-state index in [0.717, 1.165) is 62.7 Å². The van der Waals surface area contributed by atoms with Crippen LogP contribution >= 0.6 is 0 Å². The Labute approximate surface area is 202 Å². The molecule has 3 heterocycles. The van der Waals surface area contributed by atoms with E-state index < -0.39 is 0 Å². The van der Waals surface area contributed by atoms with Crippen LogP contribution in [-0.2, 0) is 6.42 Å². The Hall–Kier alpha value is -2.89. The Morgan fingerprint density at radius 2 is 1.74 bits per heavy atom. The molecule has 1 aliphatic heterocycles. The lowest BCUT2D eigenvalue weighted by atomic mass is 9.99. The van der Waals surface area contributed by atoms with Crippen molar-refractivity contribution in [2.45, 2.75) is 32.6 Å². The van der Waals surface area contributed by atoms with Gasteiger partial charge in [-0.2, -0.15) is 0 Å². The average molecular weight is 457 g/mol. The van der Waals surface area contributed by atoms with E-state index in [-0.39, 0.29) is 0 Å². The summed E-state index contributed by atoms with van der Waals surface area (Å²) in [4.78, 5) is 13.0. The van der Waals surface area contributed by atoms with Crippen molar-refractivity contribution in [1.29, 1.82) is 0 Å². The van der Waals surface area contributed by atoms with Crippen LogP contribution in [0.25, 0.3) is 33.1 Å². The van der Waals surface area contributed by atoms with Crippen LogP contribution in [0.15, 0.2) is 54.7 Å². The summed E-state index contributed by atoms with van der Waals surface area (Å²) in [5.74, 6) is 0.938. The minimum absolute atomic E-state index is 0.734. The molecule has 178 valence electrons. The maximum Gasteiger partial charge on any atom is 0.138 e. The Kier molecular flexibility index (Phi) is 7.12. The highest BCUT2D eigenvalue weighted by atomic mass is 16.5. The highest BCUT2D eigenvalue weighted by Crippen LogP contribution is 2.32. The summed E-state index contributed by atoms with van der Waals surface area (Å²) in [6, 6.07) is 17.4. The van der Waals surface area contributed by atoms with Crippen LogP contribution < -0.4 is 4.74 Å². The summed E-state index contributed by atoms with van der Waals surface area (Å²) in [5, 5.41) is 2.54. The van der Waals surface area contributed by atoms with Gasteiger partial charge in [-0.05, 0) is 66.9 Å². The topological polar surface area (TPSA) is 44.4 Å². The Morgan fingerprint density at radius 1 is 0.941 bits per heavy atom. The second-order valence-electron chi connectivity index (χ2n) is 9.55. The van der Waals surface area contributed by atoms with Crippen LogP contribution in [0.1, 0.15) is 31.7 Å². The normalized spacial score (nSPS) is 15.4. The van der Waals surface area contributed by atoms with Gasteiger partial charge in [0.2, 0.25) is 0 Å². The maximum absolute atomic E-state index is 6.04. The molecule has 1 saturated heterocycles. The van der Waals surface area contributed by atoms with E-state index in [9.17, 15) is 0 Å². The molecule has 5 heteroatoms. The first-order valence-corrected chi connectivity index (χ1v) is 12.7. The van der Waals surface area contributed by atoms with Crippen molar-refractivity contribution in [2.75, 3.05) is 46.4 Å². The van der Waals surface area contributed by atoms with Gasteiger partial charge in [-0.15, -0.1) is 0 Å². The molecule has 0 unspecified atom stereocenters. The fraction of sp³-hybridized carbons (Fsp3) is 0.414. The minimum atomic E-state index is 0.734. The summed E-state index contributed by atoms with van der Waals surface area (Å²) >= 11 is 0. The van der Waals surface area contributed by atoms with E-state index in [1.54, 1.807) is 0 Å². The first kappa shape index (κ1) is 22.9. The molecule has 0 spiro atoms. The van der Waals surface area contributed by atoms with Crippen LogP contribution in [0.3, 0.4) is 0 Å². The second kappa shape index (κ2) is 10.6. The third-order valence-corrected chi connectivity index (χ3v) is 7.09. The van der Waals surface area contributed by atoms with Crippen molar-refractivity contribution in [1.82, 2.24) is 19.8 Å². The van der Waals surface area contributed by atoms with E-state index in [0.29, 0.717) is 0 Å². The van der Waals surface area contributed by atoms with Gasteiger partial charge in [0.15, 0.2) is 0 Å². The molecule has 5 rings (SSSR count). The van der Waals surface area contributed by atoms with Gasteiger partial charge in [0.25, 0.3) is 0 Å². The van der Waals surface area contributed by atoms with Gasteiger partial charge in [-0.1, -0.05) is 38.0 Å². The van der Waals surface area contributed by atoms with Crippen LogP contribution in [0, 0.1) is 0 Å². The van der Waals surface area contributed by atoms with Crippen molar-refractivity contribution >= 4 is 21.9 Å². The molecular formula is C29H36N4O. The van der Waals surface area contributed by atoms with Gasteiger partial charge in [0.05, 0.1) is 0 Å². The lowest BCUT2D eigenvalue weighted by molar-refractivity contribution is 0.134. The zero-order chi connectivity index (χ0) is 23.3. The number of unbranched alkanes of at least 4 members (excludes halogenated alkanes) is 2. The van der Waals surface area contributed by atoms with E-state index in [4.69, 9.17) is 4.74 Å². The van der Waals surface area contributed by atoms with Crippen molar-refractivity contribution in [3.8, 4) is 16.9 Å². The molecule has 0 aliphatic carbocycles. The van der Waals surface area contributed by atoms with Gasteiger partial charge in [0, 0.05) is 55.2 Å². The number of hydrogen-bond donors (Lipinski definition) is 1. The maximum atomic E-state index is 6.04. The average Bonchev–Trinajstić information content (AvgIpc) is 3.24. The molecule has 2 aromatic heterocycles. The Bertz CT molecular complexity index is 1220. The third kappa shape index (κ3) is 5.11. The van der Waals surface area contributed by atoms with Crippen molar-refractivity contribution in [2.24, 2.45) is 0 Å². The zero-order valence-corrected chi connectivity index (χ0v) is 20.5. The number of aromatic nitrogens is 2. The van der Waals surface area contributed by atoms with Gasteiger partial charge in [-0.25, -0.2) is 4.98 Å². The van der Waals surface area contributed by atoms with E-state index in [1.165, 1.54) is 46.7 Å². The number of ether oxygens (including phenoxy) is 1. The molecule has 0 bridgehead atoms. The third-order valence-electron chi connectivity index (χ3n) is 7.09. The minimum Gasteiger partial charge on any atom is -0.492 e. The molecule has 0 atom stereocenters. The number of aromatic amines is 1. The quantitative estimate of drug-likeness (QED) is 0.326. The lowest BCUT2D eigenvalue weighted by Gasteiger charge is -2.32. The van der Waals surface area contributed by atoms with Crippen molar-refractivity contribution in [3.63, 3.8) is 0 Å². The standard InChI is InChI=1S/C29H36N4O/c1-3-4-5-6-23-13-14-30-29-28(23)26-21-24(9-12-27(26)31-29)22-7-10-25(11-8-22)34-20-19-33-17-15-32(2)16-18-33/h7-14,21H,3-6,15-20H2,1-2H3,(H,30,31). The van der Waals surface area contributed by atoms with Gasteiger partial charge < -0.3 is 14.6 Å². The number of rotatable bonds is 9. The van der Waals surface area contributed by atoms with Crippen LogP contribution in [-0.4, -0.2) is 66.1 Å². The Balaban J connectivity index is 1.30. The molecule has 1 fully saturated rings. The summed E-state index contributed by atoms with van der Waals surface area (Å²) in [5.41, 5.74) is 5.97. The molecule has 1 N–H and O–H groups in total. The molecule has 1 aliphatic rings. The number of nitrogens with zero attached hydrogens (tertiary/aromatic N) is 3. The summed E-state index contributed by atoms with van der Waals surface area (Å²) in [7, 11) is 2.19. The van der Waals surface area contributed by atoms with E-state index in [1.807, 2.05) is 6.20 Å². The molecule has 0 saturated carbocycles. The number of piperazine rings is 1. The monoisotopic (exact) mass is 456 g/mol. The predicted octanol–water partition coefficient (Wildman–Crippen LogP) is 5.74. The fourth-order valence-corrected chi connectivity index (χ4v) is 4.95. The number of benzene rings is 2. The predicted molar refractivity (Wildman–Crippen MR) is 142 cm³/mol. The van der Waals surface area contributed by atoms with E-state index in [2.05, 4.69) is 82.3 Å². The van der Waals surface area contributed by atoms with Gasteiger partial charge in [-0.3, -0.25) is 4.90 Å². The largest absolute Gasteiger partial charge is 0.492 e. The van der Waals surface area contributed by atoms with Crippen molar-refractivity contribution < 1.29 is 4.74 Å². The highest BCUT2D eigenvalue weighted by Gasteiger charge is 2.14. The SMILES string of the molecule is CCCCCc1ccnc2[nH]c3ccc(-c4ccc(OCCN5CCN(C)CC5)cc4)cc3c12. The van der Waals surface area contributed by atoms with Crippen LogP contribution in [0.5, 0.6) is 5.75 Å². The number of fused-ring (bicyclic) bond motifs is 3. The molecule has 2 aromatic carbocycles. The molecule has 5 nitrogen and oxygen atoms in total. The molecule has 4 aromatic rings. The van der Waals surface area contributed by atoms with Crippen LogP contribution in [0.2, 0.25) is 0 Å². The van der Waals surface area contributed by atoms with Gasteiger partial charge in [0.1, 0.15) is 18.0 Å². The number of pyridine rings is 1. The fourth-order valence-electron chi connectivity index (χ4n) is 4.95. The number of aryl methyl sites for hydroxylation is 1. The number of hydrogen-bond acceptors (Lipinski definition) is 4. The molecule has 34 heavy (non-hydrogen) atoms. The summed E-state index contributed by atoms with van der Waals surface area (Å²) < 4.78 is 6.04. The first-order valence-electron chi connectivity index (χ1n) is 12.7. The summed E-state index contributed by atoms with van der Waals surface area (Å²) in [6.07, 6.45) is 6.76. The second-order valence-corrected chi connectivity index (χ2v) is 9.55. The molecular weight excluding hydrogens is 420 g/mol. The smallest absolute Gasteiger partial charge is 0.138 e. The number of likely N-dealkylation sites (N-methyl/N-ethyl adjacent to an activating group) is 1. The highest BCUT2D eigenvalue weighted by molar-refractivity contribution is 6.08. The van der Waals surface area contributed by atoms with Crippen molar-refractivity contribution in [3.05, 3.63) is 60.3 Å². The molecule has 0 amide bonds. The van der Waals surface area contributed by atoms with Gasteiger partial charge >= 0.3 is 0 Å². The van der Waals surface area contributed by atoms with E-state index >= 15 is 0 Å². The Morgan fingerprint density at radius 3 is 2.53 bits per heavy atom. The van der Waals surface area contributed by atoms with Crippen LogP contribution in [0.4, 0.5) is 0 Å². The lowest BCUT2D eigenvalue weighted by Crippen LogP contribution is -2.45. The number of H-pyrrole nitrogens is 1. The first-order chi connectivity index (χ1) is 16.7. The number of nitrogens with one attached hydrogen (secondary N) is 1. The summed E-state index contributed by atoms with van der Waals surface area (Å²) in [6.45, 7) is 8.52.